The van der Waals surface area contributed by atoms with Crippen LogP contribution < -0.4 is 10.2 Å². The fourth-order valence-electron chi connectivity index (χ4n) is 5.56. The Morgan fingerprint density at radius 1 is 0.605 bits per heavy atom. The zero-order valence-electron chi connectivity index (χ0n) is 27.4. The summed E-state index contributed by atoms with van der Waals surface area (Å²) in [5.41, 5.74) is 0.506. The van der Waals surface area contributed by atoms with Gasteiger partial charge in [-0.25, -0.2) is 9.59 Å². The van der Waals surface area contributed by atoms with Gasteiger partial charge in [-0.3, -0.25) is 4.79 Å². The highest BCUT2D eigenvalue weighted by Gasteiger charge is 2.27. The summed E-state index contributed by atoms with van der Waals surface area (Å²) in [5, 5.41) is 0. The molecule has 0 spiro atoms. The predicted octanol–water partition coefficient (Wildman–Crippen LogP) is 9.06. The quantitative estimate of drug-likeness (QED) is 0.0994. The summed E-state index contributed by atoms with van der Waals surface area (Å²) >= 11 is 0. The van der Waals surface area contributed by atoms with Crippen molar-refractivity contribution in [1.29, 1.82) is 0 Å². The van der Waals surface area contributed by atoms with Gasteiger partial charge < -0.3 is 18.8 Å². The zero-order valence-corrected chi connectivity index (χ0v) is 27.4. The lowest BCUT2D eigenvalue weighted by Gasteiger charge is -2.20. The first-order valence-corrected chi connectivity index (χ1v) is 16.7. The molecule has 0 amide bonds. The van der Waals surface area contributed by atoms with Gasteiger partial charge in [0.05, 0.1) is 19.8 Å². The van der Waals surface area contributed by atoms with Crippen LogP contribution in [0.15, 0.2) is 29.1 Å². The lowest BCUT2D eigenvalue weighted by atomic mass is 10.0. The van der Waals surface area contributed by atoms with Crippen LogP contribution in [-0.4, -0.2) is 36.3 Å². The van der Waals surface area contributed by atoms with E-state index in [0.717, 1.165) is 12.2 Å². The molecule has 1 aromatic carbocycles. The Balaban J connectivity index is 1.83. The molecule has 0 aliphatic heterocycles. The number of unbranched alkanes of at least 4 members (excludes halogenated alkanes) is 14. The van der Waals surface area contributed by atoms with Crippen molar-refractivity contribution in [3.8, 4) is 11.4 Å². The van der Waals surface area contributed by atoms with Gasteiger partial charge in [-0.1, -0.05) is 96.8 Å². The molecule has 0 saturated heterocycles. The van der Waals surface area contributed by atoms with Crippen LogP contribution in [0.25, 0.3) is 5.69 Å². The Hall–Kier alpha value is -3.09. The van der Waals surface area contributed by atoms with Crippen LogP contribution in [0.3, 0.4) is 0 Å². The van der Waals surface area contributed by atoms with E-state index in [4.69, 9.17) is 14.2 Å². The minimum Gasteiger partial charge on any atom is -0.494 e. The second kappa shape index (κ2) is 20.8. The van der Waals surface area contributed by atoms with Crippen molar-refractivity contribution >= 4 is 11.9 Å². The van der Waals surface area contributed by atoms with Crippen LogP contribution in [0.4, 0.5) is 0 Å². The van der Waals surface area contributed by atoms with Gasteiger partial charge in [0.15, 0.2) is 0 Å². The van der Waals surface area contributed by atoms with Gasteiger partial charge in [0.25, 0.3) is 0 Å². The fourth-order valence-corrected chi connectivity index (χ4v) is 5.56. The van der Waals surface area contributed by atoms with Gasteiger partial charge in [0, 0.05) is 17.1 Å². The van der Waals surface area contributed by atoms with Crippen LogP contribution in [0.1, 0.15) is 149 Å². The molecule has 0 aliphatic carbocycles. The molecule has 7 heteroatoms. The molecular weight excluding hydrogens is 542 g/mol. The van der Waals surface area contributed by atoms with Crippen molar-refractivity contribution in [3.63, 3.8) is 0 Å². The number of hydrogen-bond donors (Lipinski definition) is 0. The zero-order chi connectivity index (χ0) is 31.5. The van der Waals surface area contributed by atoms with Gasteiger partial charge in [-0.05, 0) is 58.4 Å². The van der Waals surface area contributed by atoms with Crippen LogP contribution in [0.5, 0.6) is 5.75 Å². The lowest BCUT2D eigenvalue weighted by molar-refractivity contribution is 0.0519. The highest BCUT2D eigenvalue weighted by Crippen LogP contribution is 2.23. The molecule has 1 aromatic heterocycles. The first kappa shape index (κ1) is 36.1. The number of benzene rings is 1. The molecule has 2 rings (SSSR count). The third-order valence-electron chi connectivity index (χ3n) is 7.92. The predicted molar refractivity (Wildman–Crippen MR) is 174 cm³/mol. The summed E-state index contributed by atoms with van der Waals surface area (Å²) in [6.07, 6.45) is 19.9. The maximum absolute atomic E-state index is 13.2. The van der Waals surface area contributed by atoms with Gasteiger partial charge in [-0.2, -0.15) is 0 Å². The van der Waals surface area contributed by atoms with Crippen LogP contribution >= 0.6 is 0 Å². The summed E-state index contributed by atoms with van der Waals surface area (Å²) in [4.78, 5) is 38.5. The van der Waals surface area contributed by atoms with E-state index in [0.29, 0.717) is 23.7 Å². The van der Waals surface area contributed by atoms with E-state index in [1.165, 1.54) is 89.9 Å². The lowest BCUT2D eigenvalue weighted by Crippen LogP contribution is -2.31. The molecule has 0 fully saturated rings. The molecule has 1 heterocycles. The minimum atomic E-state index is -0.757. The number of esters is 2. The van der Waals surface area contributed by atoms with Crippen molar-refractivity contribution in [3.05, 3.63) is 57.0 Å². The second-order valence-corrected chi connectivity index (χ2v) is 11.3. The first-order valence-electron chi connectivity index (χ1n) is 16.7. The third kappa shape index (κ3) is 11.8. The van der Waals surface area contributed by atoms with Crippen molar-refractivity contribution in [1.82, 2.24) is 4.57 Å². The minimum absolute atomic E-state index is 0.117. The Bertz CT molecular complexity index is 1120. The van der Waals surface area contributed by atoms with E-state index < -0.39 is 17.4 Å². The average Bonchev–Trinajstić information content (AvgIpc) is 2.98. The number of nitrogens with zero attached hydrogens (tertiary/aromatic N) is 1. The molecule has 0 radical (unpaired) electrons. The van der Waals surface area contributed by atoms with E-state index in [1.807, 2.05) is 24.3 Å². The van der Waals surface area contributed by atoms with E-state index in [1.54, 1.807) is 32.3 Å². The number of aromatic nitrogens is 1. The first-order chi connectivity index (χ1) is 20.9. The highest BCUT2D eigenvalue weighted by molar-refractivity contribution is 5.96. The molecule has 0 aliphatic rings. The number of rotatable bonds is 22. The number of carbonyl (C=O) groups is 2. The highest BCUT2D eigenvalue weighted by atomic mass is 16.5. The van der Waals surface area contributed by atoms with Crippen LogP contribution in [-0.2, 0) is 9.47 Å². The van der Waals surface area contributed by atoms with E-state index >= 15 is 0 Å². The summed E-state index contributed by atoms with van der Waals surface area (Å²) < 4.78 is 18.0. The average molecular weight is 598 g/mol. The number of carbonyl (C=O) groups excluding carboxylic acids is 2. The number of ether oxygens (including phenoxy) is 3. The Labute approximate surface area is 259 Å². The van der Waals surface area contributed by atoms with Gasteiger partial charge in [0.2, 0.25) is 5.43 Å². The Kier molecular flexibility index (Phi) is 17.4. The monoisotopic (exact) mass is 597 g/mol. The van der Waals surface area contributed by atoms with E-state index in [2.05, 4.69) is 6.92 Å². The smallest absolute Gasteiger partial charge is 0.343 e. The molecule has 0 bridgehead atoms. The second-order valence-electron chi connectivity index (χ2n) is 11.3. The van der Waals surface area contributed by atoms with Gasteiger partial charge in [-0.15, -0.1) is 0 Å². The van der Waals surface area contributed by atoms with Crippen molar-refractivity contribution in [2.75, 3.05) is 19.8 Å². The molecule has 0 N–H and O–H groups in total. The molecule has 7 nitrogen and oxygen atoms in total. The van der Waals surface area contributed by atoms with Crippen LogP contribution in [0, 0.1) is 13.8 Å². The third-order valence-corrected chi connectivity index (χ3v) is 7.92. The normalized spacial score (nSPS) is 11.0. The van der Waals surface area contributed by atoms with Gasteiger partial charge in [0.1, 0.15) is 16.9 Å². The summed E-state index contributed by atoms with van der Waals surface area (Å²) in [5.74, 6) is -0.762. The summed E-state index contributed by atoms with van der Waals surface area (Å²) in [6, 6.07) is 7.45. The molecular formula is C36H55NO6. The van der Waals surface area contributed by atoms with Crippen molar-refractivity contribution in [2.24, 2.45) is 0 Å². The fraction of sp³-hybridized carbons (Fsp3) is 0.639. The van der Waals surface area contributed by atoms with Crippen LogP contribution in [0.2, 0.25) is 0 Å². The number of pyridine rings is 1. The maximum Gasteiger partial charge on any atom is 0.343 e. The number of hydrogen-bond acceptors (Lipinski definition) is 6. The summed E-state index contributed by atoms with van der Waals surface area (Å²) in [6.45, 7) is 9.86. The Morgan fingerprint density at radius 3 is 1.40 bits per heavy atom. The van der Waals surface area contributed by atoms with Gasteiger partial charge >= 0.3 is 11.9 Å². The molecule has 0 saturated carbocycles. The summed E-state index contributed by atoms with van der Waals surface area (Å²) in [7, 11) is 0. The van der Waals surface area contributed by atoms with E-state index in [-0.39, 0.29) is 24.3 Å². The topological polar surface area (TPSA) is 83.8 Å². The molecule has 240 valence electrons. The van der Waals surface area contributed by atoms with Crippen molar-refractivity contribution < 1.29 is 23.8 Å². The maximum atomic E-state index is 13.2. The molecule has 2 aromatic rings. The standard InChI is InChI=1S/C36H55NO6/c1-6-9-10-11-12-13-14-15-16-17-18-19-20-21-22-27-43-31-25-23-30(24-26-31)37-28(4)32(35(39)41-7-2)34(38)33(29(37)5)36(40)42-8-3/h23-26H,6-22,27H2,1-5H3. The molecule has 43 heavy (non-hydrogen) atoms. The largest absolute Gasteiger partial charge is 0.494 e. The molecule has 0 atom stereocenters. The van der Waals surface area contributed by atoms with Crippen molar-refractivity contribution in [2.45, 2.75) is 131 Å². The SMILES string of the molecule is CCCCCCCCCCCCCCCCCOc1ccc(-n2c(C)c(C(=O)OCC)c(=O)c(C(=O)OCC)c2C)cc1. The molecule has 0 unspecified atom stereocenters. The Morgan fingerprint density at radius 2 is 1.00 bits per heavy atom. The van der Waals surface area contributed by atoms with E-state index in [9.17, 15) is 14.4 Å².